The van der Waals surface area contributed by atoms with Gasteiger partial charge in [-0.1, -0.05) is 18.2 Å². The highest BCUT2D eigenvalue weighted by atomic mass is 19.1. The lowest BCUT2D eigenvalue weighted by atomic mass is 10.1. The number of halogens is 1. The molecule has 0 spiro atoms. The number of ether oxygens (including phenoxy) is 2. The molecule has 1 amide bonds. The Balaban J connectivity index is 1.53. The highest BCUT2D eigenvalue weighted by Crippen LogP contribution is 2.27. The van der Waals surface area contributed by atoms with Crippen LogP contribution in [-0.2, 0) is 6.42 Å². The number of aromatic nitrogens is 2. The quantitative estimate of drug-likeness (QED) is 0.606. The fourth-order valence-electron chi connectivity index (χ4n) is 2.69. The average Bonchev–Trinajstić information content (AvgIpc) is 2.75. The zero-order valence-corrected chi connectivity index (χ0v) is 16.1. The molecule has 0 aliphatic heterocycles. The first-order valence-electron chi connectivity index (χ1n) is 8.95. The Morgan fingerprint density at radius 2 is 1.69 bits per heavy atom. The smallest absolute Gasteiger partial charge is 0.259 e. The Hall–Kier alpha value is -3.68. The van der Waals surface area contributed by atoms with E-state index in [1.165, 1.54) is 18.2 Å². The monoisotopic (exact) mass is 396 g/mol. The molecule has 7 nitrogen and oxygen atoms in total. The van der Waals surface area contributed by atoms with E-state index in [1.807, 2.05) is 18.2 Å². The largest absolute Gasteiger partial charge is 0.493 e. The van der Waals surface area contributed by atoms with E-state index in [2.05, 4.69) is 20.8 Å². The maximum Gasteiger partial charge on any atom is 0.259 e. The number of hydrogen-bond donors (Lipinski definition) is 2. The lowest BCUT2D eigenvalue weighted by Gasteiger charge is -2.10. The van der Waals surface area contributed by atoms with Crippen LogP contribution in [0.1, 0.15) is 15.9 Å². The second kappa shape index (κ2) is 9.50. The van der Waals surface area contributed by atoms with Crippen molar-refractivity contribution in [3.63, 3.8) is 0 Å². The molecular formula is C21H21FN4O3. The van der Waals surface area contributed by atoms with Crippen molar-refractivity contribution in [1.82, 2.24) is 10.2 Å². The number of carbonyl (C=O) groups excluding carboxylic acids is 1. The fourth-order valence-corrected chi connectivity index (χ4v) is 2.69. The van der Waals surface area contributed by atoms with Crippen LogP contribution in [0.5, 0.6) is 11.5 Å². The SMILES string of the molecule is COc1ccc(CCNc2ccc(NC(=O)c3ccccc3F)nn2)cc1OC. The van der Waals surface area contributed by atoms with Crippen LogP contribution >= 0.6 is 0 Å². The number of hydrogen-bond acceptors (Lipinski definition) is 6. The molecule has 0 bridgehead atoms. The molecule has 1 heterocycles. The molecule has 2 aromatic carbocycles. The van der Waals surface area contributed by atoms with Gasteiger partial charge in [0, 0.05) is 6.54 Å². The molecule has 3 rings (SSSR count). The van der Waals surface area contributed by atoms with Crippen molar-refractivity contribution in [3.8, 4) is 11.5 Å². The van der Waals surface area contributed by atoms with E-state index in [0.29, 0.717) is 23.9 Å². The minimum Gasteiger partial charge on any atom is -0.493 e. The third kappa shape index (κ3) is 5.19. The molecule has 0 radical (unpaired) electrons. The van der Waals surface area contributed by atoms with Crippen molar-refractivity contribution < 1.29 is 18.7 Å². The Morgan fingerprint density at radius 3 is 2.38 bits per heavy atom. The van der Waals surface area contributed by atoms with E-state index in [-0.39, 0.29) is 11.4 Å². The number of benzene rings is 2. The van der Waals surface area contributed by atoms with Crippen molar-refractivity contribution in [2.45, 2.75) is 6.42 Å². The van der Waals surface area contributed by atoms with E-state index < -0.39 is 11.7 Å². The third-order valence-electron chi connectivity index (χ3n) is 4.19. The zero-order valence-electron chi connectivity index (χ0n) is 16.1. The summed E-state index contributed by atoms with van der Waals surface area (Å²) in [6.07, 6.45) is 0.744. The molecule has 0 aliphatic carbocycles. The number of amides is 1. The van der Waals surface area contributed by atoms with Gasteiger partial charge in [0.25, 0.3) is 5.91 Å². The number of rotatable bonds is 8. The summed E-state index contributed by atoms with van der Waals surface area (Å²) in [4.78, 5) is 12.1. The fraction of sp³-hybridized carbons (Fsp3) is 0.190. The molecule has 0 saturated carbocycles. The highest BCUT2D eigenvalue weighted by Gasteiger charge is 2.11. The van der Waals surface area contributed by atoms with Crippen LogP contribution in [0.15, 0.2) is 54.6 Å². The van der Waals surface area contributed by atoms with Crippen LogP contribution in [0.25, 0.3) is 0 Å². The average molecular weight is 396 g/mol. The summed E-state index contributed by atoms with van der Waals surface area (Å²) in [5.41, 5.74) is 1.03. The number of carbonyl (C=O) groups is 1. The highest BCUT2D eigenvalue weighted by molar-refractivity contribution is 6.03. The standard InChI is InChI=1S/C21H21FN4O3/c1-28-17-8-7-14(13-18(17)29-2)11-12-23-19-9-10-20(26-25-19)24-21(27)15-5-3-4-6-16(15)22/h3-10,13H,11-12H2,1-2H3,(H,23,25)(H,24,26,27). The molecule has 0 unspecified atom stereocenters. The van der Waals surface area contributed by atoms with Gasteiger partial charge in [-0.3, -0.25) is 4.79 Å². The summed E-state index contributed by atoms with van der Waals surface area (Å²) in [7, 11) is 3.20. The molecule has 150 valence electrons. The van der Waals surface area contributed by atoms with Gasteiger partial charge in [-0.15, -0.1) is 10.2 Å². The second-order valence-electron chi connectivity index (χ2n) is 6.10. The molecular weight excluding hydrogens is 375 g/mol. The predicted octanol–water partition coefficient (Wildman–Crippen LogP) is 3.54. The summed E-state index contributed by atoms with van der Waals surface area (Å²) >= 11 is 0. The Kier molecular flexibility index (Phi) is 6.57. The van der Waals surface area contributed by atoms with Crippen molar-refractivity contribution in [3.05, 3.63) is 71.5 Å². The van der Waals surface area contributed by atoms with Crippen LogP contribution in [0.2, 0.25) is 0 Å². The molecule has 0 fully saturated rings. The third-order valence-corrected chi connectivity index (χ3v) is 4.19. The number of nitrogens with zero attached hydrogens (tertiary/aromatic N) is 2. The van der Waals surface area contributed by atoms with Crippen LogP contribution in [0.4, 0.5) is 16.0 Å². The van der Waals surface area contributed by atoms with Gasteiger partial charge in [0.05, 0.1) is 19.8 Å². The zero-order chi connectivity index (χ0) is 20.6. The van der Waals surface area contributed by atoms with Gasteiger partial charge in [-0.05, 0) is 48.4 Å². The minimum absolute atomic E-state index is 0.0496. The number of nitrogens with one attached hydrogen (secondary N) is 2. The molecule has 29 heavy (non-hydrogen) atoms. The summed E-state index contributed by atoms with van der Waals surface area (Å²) in [6, 6.07) is 14.8. The van der Waals surface area contributed by atoms with Crippen LogP contribution in [-0.4, -0.2) is 36.9 Å². The molecule has 0 saturated heterocycles. The van der Waals surface area contributed by atoms with Gasteiger partial charge in [0.1, 0.15) is 11.6 Å². The first-order valence-corrected chi connectivity index (χ1v) is 8.95. The minimum atomic E-state index is -0.591. The Morgan fingerprint density at radius 1 is 0.966 bits per heavy atom. The molecule has 2 N–H and O–H groups in total. The first kappa shape index (κ1) is 20.1. The van der Waals surface area contributed by atoms with E-state index in [4.69, 9.17) is 9.47 Å². The molecule has 0 atom stereocenters. The van der Waals surface area contributed by atoms with Crippen LogP contribution < -0.4 is 20.1 Å². The van der Waals surface area contributed by atoms with Gasteiger partial charge in [-0.2, -0.15) is 0 Å². The molecule has 3 aromatic rings. The normalized spacial score (nSPS) is 10.3. The number of anilines is 2. The van der Waals surface area contributed by atoms with Gasteiger partial charge >= 0.3 is 0 Å². The summed E-state index contributed by atoms with van der Waals surface area (Å²) in [5, 5.41) is 13.7. The van der Waals surface area contributed by atoms with Crippen molar-refractivity contribution in [2.24, 2.45) is 0 Å². The van der Waals surface area contributed by atoms with Gasteiger partial charge < -0.3 is 20.1 Å². The van der Waals surface area contributed by atoms with E-state index in [9.17, 15) is 9.18 Å². The lowest BCUT2D eigenvalue weighted by molar-refractivity contribution is 0.102. The van der Waals surface area contributed by atoms with Crippen molar-refractivity contribution >= 4 is 17.5 Å². The summed E-state index contributed by atoms with van der Waals surface area (Å²) in [6.45, 7) is 0.630. The topological polar surface area (TPSA) is 85.4 Å². The van der Waals surface area contributed by atoms with E-state index in [1.54, 1.807) is 32.4 Å². The predicted molar refractivity (Wildman–Crippen MR) is 108 cm³/mol. The van der Waals surface area contributed by atoms with Crippen molar-refractivity contribution in [1.29, 1.82) is 0 Å². The summed E-state index contributed by atoms with van der Waals surface area (Å²) < 4.78 is 24.2. The molecule has 8 heteroatoms. The van der Waals surface area contributed by atoms with Gasteiger partial charge in [0.15, 0.2) is 17.3 Å². The Bertz CT molecular complexity index is 980. The second-order valence-corrected chi connectivity index (χ2v) is 6.10. The number of methoxy groups -OCH3 is 2. The van der Waals surface area contributed by atoms with Crippen molar-refractivity contribution in [2.75, 3.05) is 31.4 Å². The van der Waals surface area contributed by atoms with Crippen LogP contribution in [0.3, 0.4) is 0 Å². The van der Waals surface area contributed by atoms with E-state index in [0.717, 1.165) is 12.0 Å². The molecule has 0 aliphatic rings. The first-order chi connectivity index (χ1) is 14.1. The van der Waals surface area contributed by atoms with Gasteiger partial charge in [0.2, 0.25) is 0 Å². The maximum absolute atomic E-state index is 13.7. The molecule has 1 aromatic heterocycles. The van der Waals surface area contributed by atoms with Crippen LogP contribution in [0, 0.1) is 5.82 Å². The maximum atomic E-state index is 13.7. The lowest BCUT2D eigenvalue weighted by Crippen LogP contribution is -2.15. The van der Waals surface area contributed by atoms with Gasteiger partial charge in [-0.25, -0.2) is 4.39 Å². The summed E-state index contributed by atoms with van der Waals surface area (Å²) in [5.74, 6) is 0.999. The Labute approximate surface area is 167 Å². The van der Waals surface area contributed by atoms with E-state index >= 15 is 0 Å².